The zero-order valence-corrected chi connectivity index (χ0v) is 20.7. The molecule has 1 aliphatic carbocycles. The molecular formula is C25H27N7O3S. The standard InChI is InChI=1S/C25H27N7O3S/c33-32(34)18-3-1-17(2-4-18)7-14-35-24-22-19-5-6-21-20(23(19)36-25(22)28-16-27-24)15-29-31(21)13-12-30-10-8-26-9-11-30/h1-4,15-16,26H,5-14H2. The number of non-ortho nitro benzene ring substituents is 1. The summed E-state index contributed by atoms with van der Waals surface area (Å²) in [4.78, 5) is 24.1. The average molecular weight is 506 g/mol. The molecule has 186 valence electrons. The number of aromatic nitrogens is 4. The average Bonchev–Trinajstić information content (AvgIpc) is 3.50. The molecule has 36 heavy (non-hydrogen) atoms. The second-order valence-corrected chi connectivity index (χ2v) is 10.1. The maximum Gasteiger partial charge on any atom is 0.269 e. The first-order valence-corrected chi connectivity index (χ1v) is 13.1. The molecule has 1 fully saturated rings. The summed E-state index contributed by atoms with van der Waals surface area (Å²) in [5.74, 6) is 0.606. The first kappa shape index (κ1) is 23.0. The molecule has 2 aliphatic rings. The molecule has 11 heteroatoms. The molecule has 0 saturated carbocycles. The minimum Gasteiger partial charge on any atom is -0.477 e. The summed E-state index contributed by atoms with van der Waals surface area (Å²) >= 11 is 1.68. The predicted octanol–water partition coefficient (Wildman–Crippen LogP) is 3.09. The van der Waals surface area contributed by atoms with Crippen LogP contribution in [-0.2, 0) is 25.8 Å². The fourth-order valence-electron chi connectivity index (χ4n) is 5.05. The Morgan fingerprint density at radius 2 is 1.94 bits per heavy atom. The highest BCUT2D eigenvalue weighted by Gasteiger charge is 2.27. The van der Waals surface area contributed by atoms with E-state index in [0.717, 1.165) is 67.9 Å². The van der Waals surface area contributed by atoms with E-state index in [2.05, 4.69) is 24.9 Å². The van der Waals surface area contributed by atoms with Crippen LogP contribution in [0.5, 0.6) is 5.88 Å². The van der Waals surface area contributed by atoms with Crippen molar-refractivity contribution in [2.45, 2.75) is 25.8 Å². The van der Waals surface area contributed by atoms with Crippen LogP contribution in [0.25, 0.3) is 20.7 Å². The van der Waals surface area contributed by atoms with E-state index in [0.29, 0.717) is 18.9 Å². The van der Waals surface area contributed by atoms with Gasteiger partial charge in [0.2, 0.25) is 5.88 Å². The Hall–Kier alpha value is -3.41. The second kappa shape index (κ2) is 9.92. The molecule has 0 bridgehead atoms. The van der Waals surface area contributed by atoms with Crippen molar-refractivity contribution in [1.29, 1.82) is 0 Å². The number of ether oxygens (including phenoxy) is 1. The lowest BCUT2D eigenvalue weighted by molar-refractivity contribution is -0.384. The molecule has 0 atom stereocenters. The van der Waals surface area contributed by atoms with E-state index in [-0.39, 0.29) is 10.6 Å². The highest BCUT2D eigenvalue weighted by molar-refractivity contribution is 7.22. The van der Waals surface area contributed by atoms with Crippen LogP contribution < -0.4 is 10.1 Å². The number of benzene rings is 1. The molecule has 6 rings (SSSR count). The zero-order chi connectivity index (χ0) is 24.5. The predicted molar refractivity (Wildman–Crippen MR) is 138 cm³/mol. The number of rotatable bonds is 8. The lowest BCUT2D eigenvalue weighted by atomic mass is 9.95. The number of piperazine rings is 1. The molecule has 4 heterocycles. The molecule has 1 saturated heterocycles. The molecule has 3 aromatic heterocycles. The van der Waals surface area contributed by atoms with Crippen molar-refractivity contribution in [1.82, 2.24) is 30.0 Å². The van der Waals surface area contributed by atoms with Crippen LogP contribution in [0.4, 0.5) is 5.69 Å². The van der Waals surface area contributed by atoms with Crippen LogP contribution in [0, 0.1) is 10.1 Å². The van der Waals surface area contributed by atoms with E-state index >= 15 is 0 Å². The quantitative estimate of drug-likeness (QED) is 0.287. The number of hydrogen-bond donors (Lipinski definition) is 1. The molecule has 1 aromatic carbocycles. The number of nitro benzene ring substituents is 1. The van der Waals surface area contributed by atoms with E-state index in [1.807, 2.05) is 6.20 Å². The van der Waals surface area contributed by atoms with E-state index in [1.54, 1.807) is 29.8 Å². The van der Waals surface area contributed by atoms with Crippen LogP contribution in [0.3, 0.4) is 0 Å². The molecule has 0 radical (unpaired) electrons. The summed E-state index contributed by atoms with van der Waals surface area (Å²) in [6.45, 7) is 6.66. The van der Waals surface area contributed by atoms with Gasteiger partial charge in [-0.05, 0) is 24.0 Å². The third kappa shape index (κ3) is 4.45. The molecule has 0 spiro atoms. The molecule has 1 aliphatic heterocycles. The van der Waals surface area contributed by atoms with Crippen molar-refractivity contribution in [2.75, 3.05) is 39.3 Å². The Morgan fingerprint density at radius 1 is 1.11 bits per heavy atom. The highest BCUT2D eigenvalue weighted by Crippen LogP contribution is 2.45. The van der Waals surface area contributed by atoms with Gasteiger partial charge in [-0.25, -0.2) is 9.97 Å². The Morgan fingerprint density at radius 3 is 2.75 bits per heavy atom. The topological polar surface area (TPSA) is 111 Å². The van der Waals surface area contributed by atoms with Gasteiger partial charge in [0, 0.05) is 67.4 Å². The summed E-state index contributed by atoms with van der Waals surface area (Å²) < 4.78 is 8.29. The van der Waals surface area contributed by atoms with E-state index < -0.39 is 0 Å². The van der Waals surface area contributed by atoms with Crippen molar-refractivity contribution in [3.8, 4) is 16.3 Å². The second-order valence-electron chi connectivity index (χ2n) is 9.11. The highest BCUT2D eigenvalue weighted by atomic mass is 32.1. The first-order chi connectivity index (χ1) is 17.7. The van der Waals surface area contributed by atoms with Gasteiger partial charge in [-0.3, -0.25) is 19.7 Å². The molecule has 1 N–H and O–H groups in total. The van der Waals surface area contributed by atoms with Gasteiger partial charge in [-0.15, -0.1) is 11.3 Å². The minimum atomic E-state index is -0.390. The first-order valence-electron chi connectivity index (χ1n) is 12.3. The van der Waals surface area contributed by atoms with Crippen molar-refractivity contribution in [3.63, 3.8) is 0 Å². The van der Waals surface area contributed by atoms with Crippen LogP contribution in [0.1, 0.15) is 16.8 Å². The van der Waals surface area contributed by atoms with Gasteiger partial charge in [-0.1, -0.05) is 12.1 Å². The third-order valence-electron chi connectivity index (χ3n) is 6.97. The SMILES string of the molecule is O=[N+]([O-])c1ccc(CCOc2ncnc3sc4c(c23)CCc2c-4cnn2CCN2CCNCC2)cc1. The van der Waals surface area contributed by atoms with Crippen LogP contribution in [0.15, 0.2) is 36.8 Å². The number of nitrogens with one attached hydrogen (secondary N) is 1. The summed E-state index contributed by atoms with van der Waals surface area (Å²) in [6.07, 6.45) is 6.05. The Labute approximate surface area is 212 Å². The monoisotopic (exact) mass is 505 g/mol. The number of fused-ring (bicyclic) bond motifs is 5. The molecule has 10 nitrogen and oxygen atoms in total. The lowest BCUT2D eigenvalue weighted by Crippen LogP contribution is -2.44. The number of nitrogens with zero attached hydrogens (tertiary/aromatic N) is 6. The molecular weight excluding hydrogens is 478 g/mol. The minimum absolute atomic E-state index is 0.0913. The van der Waals surface area contributed by atoms with Gasteiger partial charge in [-0.2, -0.15) is 5.10 Å². The van der Waals surface area contributed by atoms with Gasteiger partial charge in [0.1, 0.15) is 11.2 Å². The number of nitro groups is 1. The van der Waals surface area contributed by atoms with E-state index in [1.165, 1.54) is 33.8 Å². The summed E-state index contributed by atoms with van der Waals surface area (Å²) in [6, 6.07) is 6.58. The van der Waals surface area contributed by atoms with Crippen molar-refractivity contribution in [3.05, 3.63) is 63.7 Å². The summed E-state index contributed by atoms with van der Waals surface area (Å²) in [7, 11) is 0. The number of hydrogen-bond acceptors (Lipinski definition) is 9. The van der Waals surface area contributed by atoms with Crippen LogP contribution >= 0.6 is 11.3 Å². The van der Waals surface area contributed by atoms with Crippen LogP contribution in [-0.4, -0.2) is 68.9 Å². The summed E-state index contributed by atoms with van der Waals surface area (Å²) in [5.41, 5.74) is 4.83. The molecule has 0 unspecified atom stereocenters. The number of aryl methyl sites for hydroxylation is 1. The van der Waals surface area contributed by atoms with Gasteiger partial charge >= 0.3 is 0 Å². The Balaban J connectivity index is 1.19. The van der Waals surface area contributed by atoms with Gasteiger partial charge in [0.25, 0.3) is 5.69 Å². The van der Waals surface area contributed by atoms with E-state index in [4.69, 9.17) is 9.84 Å². The smallest absolute Gasteiger partial charge is 0.269 e. The van der Waals surface area contributed by atoms with Crippen molar-refractivity contribution in [2.24, 2.45) is 0 Å². The van der Waals surface area contributed by atoms with Crippen molar-refractivity contribution < 1.29 is 9.66 Å². The Kier molecular flexibility index (Phi) is 6.34. The summed E-state index contributed by atoms with van der Waals surface area (Å²) in [5, 5.41) is 20.0. The molecule has 4 aromatic rings. The fourth-order valence-corrected chi connectivity index (χ4v) is 6.26. The van der Waals surface area contributed by atoms with Gasteiger partial charge in [0.05, 0.1) is 29.7 Å². The maximum absolute atomic E-state index is 10.9. The lowest BCUT2D eigenvalue weighted by Gasteiger charge is -2.27. The van der Waals surface area contributed by atoms with Crippen LogP contribution in [0.2, 0.25) is 0 Å². The normalized spacial score (nSPS) is 15.6. The maximum atomic E-state index is 10.9. The Bertz CT molecular complexity index is 1390. The molecule has 0 amide bonds. The van der Waals surface area contributed by atoms with Gasteiger partial charge in [0.15, 0.2) is 0 Å². The largest absolute Gasteiger partial charge is 0.477 e. The fraction of sp³-hybridized carbons (Fsp3) is 0.400. The number of thiophene rings is 1. The van der Waals surface area contributed by atoms with E-state index in [9.17, 15) is 10.1 Å². The van der Waals surface area contributed by atoms with Gasteiger partial charge < -0.3 is 10.1 Å². The van der Waals surface area contributed by atoms with Crippen molar-refractivity contribution >= 4 is 27.2 Å². The zero-order valence-electron chi connectivity index (χ0n) is 19.9. The third-order valence-corrected chi connectivity index (χ3v) is 8.15.